The average molecular weight is 78.1 g/mol. The van der Waals surface area contributed by atoms with Crippen molar-refractivity contribution in [2.24, 2.45) is 0 Å². The van der Waals surface area contributed by atoms with Crippen LogP contribution >= 0.6 is 0 Å². The van der Waals surface area contributed by atoms with Crippen molar-refractivity contribution < 1.29 is 9.90 Å². The third-order valence-electron chi connectivity index (χ3n) is 0. The van der Waals surface area contributed by atoms with E-state index in [1.54, 1.807) is 0 Å². The maximum Gasteiger partial charge on any atom is 0.290 e. The Morgan fingerprint density at radius 2 is 1.75 bits per heavy atom. The van der Waals surface area contributed by atoms with Gasteiger partial charge in [0.05, 0.1) is 0 Å². The molecule has 0 aliphatic carbocycles. The smallest absolute Gasteiger partial charge is 0.290 e. The minimum absolute atomic E-state index is 0. The number of carbonyl (C=O) groups is 1. The summed E-state index contributed by atoms with van der Waals surface area (Å²) in [6.45, 7) is -0.250. The van der Waals surface area contributed by atoms with Crippen molar-refractivity contribution >= 4 is 17.4 Å². The Bertz CT molecular complexity index is 13.5. The third kappa shape index (κ3) is 8.12. The van der Waals surface area contributed by atoms with Gasteiger partial charge in [0.15, 0.2) is 0 Å². The molecular weight excluding hydrogens is 72.1 g/mol. The molecule has 0 atom stereocenters. The highest BCUT2D eigenvalue weighted by Crippen LogP contribution is 0.966. The van der Waals surface area contributed by atoms with E-state index in [0.29, 0.717) is 0 Å². The lowest BCUT2D eigenvalue weighted by Gasteiger charge is -1.34. The Morgan fingerprint density at radius 1 is 1.75 bits per heavy atom. The van der Waals surface area contributed by atoms with E-state index >= 15 is 0 Å². The van der Waals surface area contributed by atoms with Gasteiger partial charge in [-0.25, -0.2) is 0 Å². The molecule has 0 saturated heterocycles. The first-order chi connectivity index (χ1) is 1.41. The molecule has 26 valence electrons. The lowest BCUT2D eigenvalue weighted by Crippen LogP contribution is -1.49. The maximum absolute atomic E-state index is 8.36. The Balaban J connectivity index is 0. The van der Waals surface area contributed by atoms with Crippen LogP contribution in [0.25, 0.3) is 0 Å². The zero-order valence-electron chi connectivity index (χ0n) is 1.43. The molecule has 1 N–H and O–H groups in total. The zero-order chi connectivity index (χ0) is 2.71. The van der Waals surface area contributed by atoms with E-state index < -0.39 is 0 Å². The van der Waals surface area contributed by atoms with Crippen LogP contribution in [-0.2, 0) is 4.79 Å². The van der Waals surface area contributed by atoms with Crippen LogP contribution in [0, 0.1) is 0 Å². The third-order valence-corrected chi connectivity index (χ3v) is 0. The second-order valence-corrected chi connectivity index (χ2v) is 0.105. The Morgan fingerprint density at radius 3 is 1.75 bits per heavy atom. The highest BCUT2D eigenvalue weighted by atomic mass is 28.1. The van der Waals surface area contributed by atoms with Crippen molar-refractivity contribution in [1.29, 1.82) is 0 Å². The predicted octanol–water partition coefficient (Wildman–Crippen LogP) is -1.75. The van der Waals surface area contributed by atoms with Crippen molar-refractivity contribution in [3.8, 4) is 0 Å². The van der Waals surface area contributed by atoms with Crippen LogP contribution in [0.15, 0.2) is 0 Å². The summed E-state index contributed by atoms with van der Waals surface area (Å²) in [7, 11) is 0. The molecule has 0 spiro atoms. The molecule has 0 aromatic carbocycles. The van der Waals surface area contributed by atoms with Crippen LogP contribution in [0.2, 0.25) is 0 Å². The predicted molar refractivity (Wildman–Crippen MR) is 20.0 cm³/mol. The van der Waals surface area contributed by atoms with E-state index in [1.165, 1.54) is 0 Å². The lowest BCUT2D eigenvalue weighted by molar-refractivity contribution is -0.122. The fourth-order valence-corrected chi connectivity index (χ4v) is 0. The monoisotopic (exact) mass is 78.0 g/mol. The second-order valence-electron chi connectivity index (χ2n) is 0.105. The Kier molecular flexibility index (Phi) is 37.9. The van der Waals surface area contributed by atoms with Crippen LogP contribution in [0.5, 0.6) is 0 Å². The van der Waals surface area contributed by atoms with Crippen LogP contribution in [0.4, 0.5) is 0 Å². The van der Waals surface area contributed by atoms with E-state index in [2.05, 4.69) is 0 Å². The molecule has 0 fully saturated rings. The summed E-state index contributed by atoms with van der Waals surface area (Å²) >= 11 is 0. The molecule has 0 saturated carbocycles. The zero-order valence-corrected chi connectivity index (χ0v) is 1.43. The second kappa shape index (κ2) is 16.2. The van der Waals surface area contributed by atoms with Gasteiger partial charge in [0.1, 0.15) is 0 Å². The van der Waals surface area contributed by atoms with Crippen LogP contribution in [-0.4, -0.2) is 22.5 Å². The van der Waals surface area contributed by atoms with Crippen molar-refractivity contribution in [3.05, 3.63) is 0 Å². The molecule has 0 bridgehead atoms. The van der Waals surface area contributed by atoms with Crippen molar-refractivity contribution in [2.45, 2.75) is 0 Å². The Hall–Kier alpha value is -0.313. The molecule has 2 nitrogen and oxygen atoms in total. The van der Waals surface area contributed by atoms with Gasteiger partial charge in [0.2, 0.25) is 0 Å². The van der Waals surface area contributed by atoms with Gasteiger partial charge >= 0.3 is 0 Å². The summed E-state index contributed by atoms with van der Waals surface area (Å²) in [5.41, 5.74) is 0. The van der Waals surface area contributed by atoms with Gasteiger partial charge in [-0.2, -0.15) is 0 Å². The first kappa shape index (κ1) is 9.35. The minimum atomic E-state index is -0.250. The molecule has 0 amide bonds. The largest absolute Gasteiger partial charge is 0.483 e. The van der Waals surface area contributed by atoms with E-state index in [9.17, 15) is 0 Å². The van der Waals surface area contributed by atoms with Gasteiger partial charge in [0, 0.05) is 0 Å². The van der Waals surface area contributed by atoms with Crippen molar-refractivity contribution in [2.75, 3.05) is 0 Å². The van der Waals surface area contributed by atoms with E-state index in [4.69, 9.17) is 9.90 Å². The molecular formula is CH6O2Si. The summed E-state index contributed by atoms with van der Waals surface area (Å²) in [5, 5.41) is 6.89. The number of hydrogen-bond donors (Lipinski definition) is 1. The van der Waals surface area contributed by atoms with Crippen LogP contribution in [0.3, 0.4) is 0 Å². The summed E-state index contributed by atoms with van der Waals surface area (Å²) in [6.07, 6.45) is 0. The van der Waals surface area contributed by atoms with Gasteiger partial charge in [-0.05, 0) is 11.0 Å². The van der Waals surface area contributed by atoms with E-state index in [1.807, 2.05) is 0 Å². The molecule has 0 aromatic rings. The first-order valence-electron chi connectivity index (χ1n) is 0.494. The molecule has 0 unspecified atom stereocenters. The van der Waals surface area contributed by atoms with Crippen LogP contribution in [0.1, 0.15) is 0 Å². The number of hydrogen-bond acceptors (Lipinski definition) is 1. The molecule has 0 aromatic heterocycles. The fourth-order valence-electron chi connectivity index (χ4n) is 0. The van der Waals surface area contributed by atoms with Crippen molar-refractivity contribution in [3.63, 3.8) is 0 Å². The van der Waals surface area contributed by atoms with Gasteiger partial charge in [-0.1, -0.05) is 0 Å². The van der Waals surface area contributed by atoms with E-state index in [-0.39, 0.29) is 17.4 Å². The van der Waals surface area contributed by atoms with Gasteiger partial charge in [0.25, 0.3) is 6.47 Å². The molecule has 0 rings (SSSR count). The van der Waals surface area contributed by atoms with E-state index in [0.717, 1.165) is 0 Å². The quantitative estimate of drug-likeness (QED) is 0.275. The summed E-state index contributed by atoms with van der Waals surface area (Å²) < 4.78 is 0. The highest BCUT2D eigenvalue weighted by molar-refractivity contribution is 5.75. The Labute approximate surface area is 28.5 Å². The molecule has 3 heteroatoms. The van der Waals surface area contributed by atoms with Crippen LogP contribution < -0.4 is 0 Å². The van der Waals surface area contributed by atoms with Gasteiger partial charge in [-0.15, -0.1) is 0 Å². The summed E-state index contributed by atoms with van der Waals surface area (Å²) in [6, 6.07) is 0. The normalized spacial score (nSPS) is 3.00. The first-order valence-corrected chi connectivity index (χ1v) is 0.494. The number of carboxylic acid groups (broad SMARTS) is 1. The highest BCUT2D eigenvalue weighted by Gasteiger charge is 1.22. The minimum Gasteiger partial charge on any atom is -0.483 e. The van der Waals surface area contributed by atoms with Gasteiger partial charge < -0.3 is 5.11 Å². The summed E-state index contributed by atoms with van der Waals surface area (Å²) in [4.78, 5) is 8.36. The number of rotatable bonds is 0. The molecule has 0 aliphatic heterocycles. The molecule has 4 heavy (non-hydrogen) atoms. The fraction of sp³-hybridized carbons (Fsp3) is 0. The maximum atomic E-state index is 8.36. The molecule has 0 heterocycles. The lowest BCUT2D eigenvalue weighted by atomic mass is 11.7. The standard InChI is InChI=1S/CH2O2.H4Si/c2-1-3;/h1H,(H,2,3);1H4. The summed E-state index contributed by atoms with van der Waals surface area (Å²) in [5.74, 6) is 0. The molecule has 0 radical (unpaired) electrons. The SMILES string of the molecule is O=CO.[SiH4]. The van der Waals surface area contributed by atoms with Gasteiger partial charge in [-0.3, -0.25) is 4.79 Å². The average Bonchev–Trinajstić information content (AvgIpc) is 0.918. The molecule has 0 aliphatic rings. The van der Waals surface area contributed by atoms with Crippen molar-refractivity contribution in [1.82, 2.24) is 0 Å². The topological polar surface area (TPSA) is 37.3 Å².